The number of hydrogen-bond donors (Lipinski definition) is 1. The van der Waals surface area contributed by atoms with Crippen LogP contribution in [-0.2, 0) is 7.05 Å². The van der Waals surface area contributed by atoms with Crippen molar-refractivity contribution in [3.8, 4) is 39.8 Å². The van der Waals surface area contributed by atoms with E-state index < -0.39 is 0 Å². The molecule has 28 heavy (non-hydrogen) atoms. The van der Waals surface area contributed by atoms with Gasteiger partial charge in [0.25, 0.3) is 0 Å². The van der Waals surface area contributed by atoms with Gasteiger partial charge >= 0.3 is 0 Å². The minimum absolute atomic E-state index is 0. The largest absolute Gasteiger partial charge is 1.00 e. The monoisotopic (exact) mass is 487 g/mol. The van der Waals surface area contributed by atoms with Crippen LogP contribution in [0.3, 0.4) is 0 Å². The maximum atomic E-state index is 6.09. The molecule has 9 heteroatoms. The number of anilines is 1. The zero-order chi connectivity index (χ0) is 18.8. The Labute approximate surface area is 184 Å². The molecule has 0 fully saturated rings. The van der Waals surface area contributed by atoms with Gasteiger partial charge in [0.2, 0.25) is 0 Å². The Hall–Kier alpha value is -2.09. The van der Waals surface area contributed by atoms with Gasteiger partial charge in [-0.3, -0.25) is 0 Å². The van der Waals surface area contributed by atoms with E-state index in [4.69, 9.17) is 19.9 Å². The summed E-state index contributed by atoms with van der Waals surface area (Å²) in [7, 11) is 6.76. The number of aryl methyl sites for hydroxylation is 1. The van der Waals surface area contributed by atoms with Crippen LogP contribution in [0.4, 0.5) is 5.69 Å². The molecule has 0 aliphatic heterocycles. The number of hydrogen-bond acceptors (Lipinski definition) is 5. The van der Waals surface area contributed by atoms with Gasteiger partial charge in [0, 0.05) is 18.2 Å². The molecule has 0 radical (unpaired) electrons. The smallest absolute Gasteiger partial charge is 0.174 e. The van der Waals surface area contributed by atoms with Crippen molar-refractivity contribution in [3.63, 3.8) is 0 Å². The number of nitrogens with zero attached hydrogens (tertiary/aromatic N) is 2. The van der Waals surface area contributed by atoms with Crippen LogP contribution in [0.1, 0.15) is 0 Å². The summed E-state index contributed by atoms with van der Waals surface area (Å²) in [5.41, 5.74) is 10.3. The Balaban J connectivity index is 0.00000196. The fourth-order valence-electron chi connectivity index (χ4n) is 2.92. The van der Waals surface area contributed by atoms with Gasteiger partial charge in [-0.2, -0.15) is 0 Å². The summed E-state index contributed by atoms with van der Waals surface area (Å²) in [5.74, 6) is 1.91. The van der Waals surface area contributed by atoms with Gasteiger partial charge in [0.1, 0.15) is 5.75 Å². The fourth-order valence-corrected chi connectivity index (χ4v) is 3.52. The second-order valence-corrected chi connectivity index (χ2v) is 6.56. The van der Waals surface area contributed by atoms with E-state index in [1.165, 1.54) is 0 Å². The third kappa shape index (κ3) is 4.32. The number of methoxy groups -OCH3 is 3. The van der Waals surface area contributed by atoms with Crippen LogP contribution in [0.25, 0.3) is 22.5 Å². The molecule has 152 valence electrons. The van der Waals surface area contributed by atoms with Crippen molar-refractivity contribution in [2.24, 2.45) is 7.05 Å². The van der Waals surface area contributed by atoms with E-state index in [1.807, 2.05) is 41.9 Å². The highest BCUT2D eigenvalue weighted by Gasteiger charge is 2.18. The maximum Gasteiger partial charge on any atom is 0.174 e. The molecule has 1 heterocycles. The molecule has 2 N–H and O–H groups in total. The molecule has 0 unspecified atom stereocenters. The van der Waals surface area contributed by atoms with E-state index in [1.54, 1.807) is 27.7 Å². The molecule has 0 saturated heterocycles. The first-order valence-corrected chi connectivity index (χ1v) is 8.66. The summed E-state index contributed by atoms with van der Waals surface area (Å²) in [6.45, 7) is 0. The van der Waals surface area contributed by atoms with Gasteiger partial charge in [-0.05, 0) is 46.3 Å². The topological polar surface area (TPSA) is 71.5 Å². The van der Waals surface area contributed by atoms with Crippen LogP contribution in [0, 0.1) is 0 Å². The lowest BCUT2D eigenvalue weighted by Gasteiger charge is -2.13. The standard InChI is InChI=1S/C19H20BrN3O3.2ClH/c1-23-10-22-17(12-7-13(20)19(26-4)16(9-12)25-3)18(23)11-5-6-15(24-2)14(21)8-11;;/h5-10H,21H2,1-4H3;2*1H/p-2. The van der Waals surface area contributed by atoms with E-state index in [2.05, 4.69) is 20.9 Å². The molecule has 1 aromatic heterocycles. The molecule has 0 aliphatic rings. The Morgan fingerprint density at radius 3 is 2.18 bits per heavy atom. The number of ether oxygens (including phenoxy) is 3. The summed E-state index contributed by atoms with van der Waals surface area (Å²) in [6.07, 6.45) is 1.77. The molecule has 0 atom stereocenters. The van der Waals surface area contributed by atoms with Gasteiger partial charge in [-0.1, -0.05) is 0 Å². The first-order valence-electron chi connectivity index (χ1n) is 7.87. The Morgan fingerprint density at radius 1 is 0.929 bits per heavy atom. The lowest BCUT2D eigenvalue weighted by molar-refractivity contribution is -0.001000. The highest BCUT2D eigenvalue weighted by molar-refractivity contribution is 9.10. The molecule has 0 aliphatic carbocycles. The third-order valence-corrected chi connectivity index (χ3v) is 4.74. The first-order chi connectivity index (χ1) is 12.5. The summed E-state index contributed by atoms with van der Waals surface area (Å²) >= 11 is 3.54. The van der Waals surface area contributed by atoms with Crippen molar-refractivity contribution in [2.45, 2.75) is 0 Å². The number of halogens is 3. The van der Waals surface area contributed by atoms with Crippen LogP contribution in [-0.4, -0.2) is 30.9 Å². The van der Waals surface area contributed by atoms with E-state index in [0.717, 1.165) is 27.0 Å². The average Bonchev–Trinajstić information content (AvgIpc) is 3.02. The second kappa shape index (κ2) is 9.91. The summed E-state index contributed by atoms with van der Waals surface area (Å²) in [4.78, 5) is 4.58. The van der Waals surface area contributed by atoms with Crippen molar-refractivity contribution in [1.29, 1.82) is 0 Å². The summed E-state index contributed by atoms with van der Waals surface area (Å²) < 4.78 is 18.8. The molecule has 3 rings (SSSR count). The molecule has 3 aromatic rings. The van der Waals surface area contributed by atoms with Crippen LogP contribution in [0.5, 0.6) is 17.2 Å². The third-order valence-electron chi connectivity index (χ3n) is 4.15. The highest BCUT2D eigenvalue weighted by Crippen LogP contribution is 2.41. The van der Waals surface area contributed by atoms with Gasteiger partial charge < -0.3 is 49.3 Å². The Bertz CT molecular complexity index is 964. The maximum absolute atomic E-state index is 6.09. The highest BCUT2D eigenvalue weighted by atomic mass is 79.9. The van der Waals surface area contributed by atoms with Gasteiger partial charge in [-0.15, -0.1) is 0 Å². The van der Waals surface area contributed by atoms with E-state index >= 15 is 0 Å². The quantitative estimate of drug-likeness (QED) is 0.426. The molecule has 0 amide bonds. The van der Waals surface area contributed by atoms with Crippen LogP contribution in [0.2, 0.25) is 0 Å². The van der Waals surface area contributed by atoms with Crippen molar-refractivity contribution >= 4 is 21.6 Å². The Kier molecular flexibility index (Phi) is 8.48. The fraction of sp³-hybridized carbons (Fsp3) is 0.211. The molecule has 6 nitrogen and oxygen atoms in total. The molecule has 0 saturated carbocycles. The van der Waals surface area contributed by atoms with Crippen molar-refractivity contribution in [3.05, 3.63) is 41.1 Å². The Morgan fingerprint density at radius 2 is 1.61 bits per heavy atom. The number of nitrogens with two attached hydrogens (primary N) is 1. The first kappa shape index (κ1) is 23.9. The molecule has 0 bridgehead atoms. The number of rotatable bonds is 5. The lowest BCUT2D eigenvalue weighted by atomic mass is 10.0. The molecule has 2 aromatic carbocycles. The molecule has 0 spiro atoms. The van der Waals surface area contributed by atoms with Gasteiger partial charge in [0.05, 0.1) is 49.2 Å². The summed E-state index contributed by atoms with van der Waals surface area (Å²) in [5, 5.41) is 0. The van der Waals surface area contributed by atoms with Crippen LogP contribution >= 0.6 is 15.9 Å². The van der Waals surface area contributed by atoms with Crippen LogP contribution in [0.15, 0.2) is 41.1 Å². The van der Waals surface area contributed by atoms with E-state index in [-0.39, 0.29) is 24.8 Å². The number of nitrogen functional groups attached to an aromatic ring is 1. The SMILES string of the molecule is COc1ccc(-c2c(-c3cc(Br)c(OC)c(OC)c3)ncn2C)cc1N.[Cl-].[Cl-]. The van der Waals surface area contributed by atoms with Crippen molar-refractivity contribution in [1.82, 2.24) is 9.55 Å². The molecular weight excluding hydrogens is 469 g/mol. The second-order valence-electron chi connectivity index (χ2n) is 5.70. The minimum Gasteiger partial charge on any atom is -1.00 e. The zero-order valence-corrected chi connectivity index (χ0v) is 18.9. The number of benzene rings is 2. The average molecular weight is 489 g/mol. The molecular formula is C19H20BrCl2N3O3-2. The number of imidazole rings is 1. The predicted octanol–water partition coefficient (Wildman–Crippen LogP) is -1.87. The van der Waals surface area contributed by atoms with Gasteiger partial charge in [0.15, 0.2) is 11.5 Å². The zero-order valence-electron chi connectivity index (χ0n) is 15.8. The summed E-state index contributed by atoms with van der Waals surface area (Å²) in [6, 6.07) is 9.56. The lowest BCUT2D eigenvalue weighted by Crippen LogP contribution is -3.00. The van der Waals surface area contributed by atoms with Crippen LogP contribution < -0.4 is 44.8 Å². The van der Waals surface area contributed by atoms with Gasteiger partial charge in [-0.25, -0.2) is 4.98 Å². The predicted molar refractivity (Wildman–Crippen MR) is 106 cm³/mol. The minimum atomic E-state index is 0. The normalized spacial score (nSPS) is 9.89. The number of aromatic nitrogens is 2. The van der Waals surface area contributed by atoms with E-state index in [9.17, 15) is 0 Å². The van der Waals surface area contributed by atoms with Crippen molar-refractivity contribution in [2.75, 3.05) is 27.1 Å². The van der Waals surface area contributed by atoms with E-state index in [0.29, 0.717) is 22.9 Å². The van der Waals surface area contributed by atoms with Crippen molar-refractivity contribution < 1.29 is 39.0 Å².